The number of aromatic nitrogens is 2. The third-order valence-electron chi connectivity index (χ3n) is 8.94. The molecule has 0 unspecified atom stereocenters. The van der Waals surface area contributed by atoms with E-state index in [-0.39, 0.29) is 0 Å². The van der Waals surface area contributed by atoms with Crippen LogP contribution in [0.3, 0.4) is 0 Å². The van der Waals surface area contributed by atoms with Gasteiger partial charge in [0.25, 0.3) is 0 Å². The molecule has 6 nitrogen and oxygen atoms in total. The number of benzene rings is 6. The molecule has 0 saturated carbocycles. The van der Waals surface area contributed by atoms with Crippen molar-refractivity contribution in [3.05, 3.63) is 121 Å². The van der Waals surface area contributed by atoms with Gasteiger partial charge < -0.3 is 28.1 Å². The van der Waals surface area contributed by atoms with Gasteiger partial charge in [0.2, 0.25) is 0 Å². The number of hydrogen-bond acceptors (Lipinski definition) is 4. The first kappa shape index (κ1) is 27.7. The smallest absolute Gasteiger partial charge is 0.119 e. The zero-order chi connectivity index (χ0) is 31.4. The minimum atomic E-state index is 0.827. The summed E-state index contributed by atoms with van der Waals surface area (Å²) >= 11 is 0. The Morgan fingerprint density at radius 2 is 0.587 bits per heavy atom. The lowest BCUT2D eigenvalue weighted by Gasteiger charge is -2.11. The van der Waals surface area contributed by atoms with Crippen LogP contribution in [0.4, 0.5) is 0 Å². The van der Waals surface area contributed by atoms with Crippen LogP contribution in [-0.4, -0.2) is 37.6 Å². The molecule has 0 atom stereocenters. The molecular weight excluding hydrogens is 572 g/mol. The Bertz CT molecular complexity index is 2110. The number of ether oxygens (including phenoxy) is 4. The molecule has 0 aliphatic heterocycles. The molecule has 8 aromatic rings. The fourth-order valence-electron chi connectivity index (χ4n) is 6.63. The van der Waals surface area contributed by atoms with Crippen molar-refractivity contribution >= 4 is 43.6 Å². The van der Waals surface area contributed by atoms with Gasteiger partial charge in [0.15, 0.2) is 0 Å². The maximum absolute atomic E-state index is 5.55. The van der Waals surface area contributed by atoms with Crippen molar-refractivity contribution in [1.82, 2.24) is 9.13 Å². The Morgan fingerprint density at radius 1 is 0.326 bits per heavy atom. The van der Waals surface area contributed by atoms with Crippen LogP contribution >= 0.6 is 0 Å². The van der Waals surface area contributed by atoms with E-state index in [4.69, 9.17) is 18.9 Å². The highest BCUT2D eigenvalue weighted by Gasteiger charge is 2.16. The molecule has 6 heteroatoms. The standard InChI is InChI=1S/C40H32N2O4/c1-43-29-13-17-37-33(21-29)34-22-30(44-2)14-18-38(34)41(37)27-9-5-25(6-10-27)26-7-11-28(12-8-26)42-39-19-15-31(45-3)23-35(39)36-24-32(46-4)16-20-40(36)42/h5-24H,1-4H3. The fourth-order valence-corrected chi connectivity index (χ4v) is 6.63. The van der Waals surface area contributed by atoms with Gasteiger partial charge >= 0.3 is 0 Å². The van der Waals surface area contributed by atoms with Crippen LogP contribution in [0.1, 0.15) is 0 Å². The van der Waals surface area contributed by atoms with Gasteiger partial charge in [0.1, 0.15) is 23.0 Å². The van der Waals surface area contributed by atoms with E-state index in [0.29, 0.717) is 0 Å². The van der Waals surface area contributed by atoms with Crippen LogP contribution in [0, 0.1) is 0 Å². The van der Waals surface area contributed by atoms with Crippen LogP contribution in [0.5, 0.6) is 23.0 Å². The molecule has 0 aliphatic carbocycles. The third kappa shape index (κ3) is 4.33. The molecular formula is C40H32N2O4. The van der Waals surface area contributed by atoms with Crippen molar-refractivity contribution in [1.29, 1.82) is 0 Å². The molecule has 226 valence electrons. The topological polar surface area (TPSA) is 46.8 Å². The Kier molecular flexibility index (Phi) is 6.57. The van der Waals surface area contributed by atoms with Gasteiger partial charge in [-0.2, -0.15) is 0 Å². The zero-order valence-electron chi connectivity index (χ0n) is 26.1. The average Bonchev–Trinajstić information content (AvgIpc) is 3.62. The molecule has 0 bridgehead atoms. The van der Waals surface area contributed by atoms with Crippen molar-refractivity contribution in [2.24, 2.45) is 0 Å². The minimum absolute atomic E-state index is 0.827. The van der Waals surface area contributed by atoms with Gasteiger partial charge in [-0.05, 0) is 108 Å². The van der Waals surface area contributed by atoms with E-state index in [1.54, 1.807) is 28.4 Å². The van der Waals surface area contributed by atoms with Gasteiger partial charge in [-0.25, -0.2) is 0 Å². The maximum atomic E-state index is 5.55. The van der Waals surface area contributed by atoms with E-state index in [1.165, 1.54) is 0 Å². The molecule has 0 N–H and O–H groups in total. The highest BCUT2D eigenvalue weighted by atomic mass is 16.5. The molecule has 2 aromatic heterocycles. The molecule has 6 aromatic carbocycles. The van der Waals surface area contributed by atoms with Gasteiger partial charge in [0, 0.05) is 32.9 Å². The summed E-state index contributed by atoms with van der Waals surface area (Å²) in [6.07, 6.45) is 0. The molecule has 0 saturated heterocycles. The second-order valence-electron chi connectivity index (χ2n) is 11.3. The summed E-state index contributed by atoms with van der Waals surface area (Å²) in [5.41, 5.74) is 8.93. The summed E-state index contributed by atoms with van der Waals surface area (Å²) in [6.45, 7) is 0. The van der Waals surface area contributed by atoms with Crippen molar-refractivity contribution in [3.8, 4) is 45.5 Å². The van der Waals surface area contributed by atoms with Crippen molar-refractivity contribution in [3.63, 3.8) is 0 Å². The lowest BCUT2D eigenvalue weighted by molar-refractivity contribution is 0.415. The normalized spacial score (nSPS) is 11.5. The molecule has 0 spiro atoms. The van der Waals surface area contributed by atoms with Crippen molar-refractivity contribution in [2.45, 2.75) is 0 Å². The zero-order valence-corrected chi connectivity index (χ0v) is 26.1. The number of nitrogens with zero attached hydrogens (tertiary/aromatic N) is 2. The van der Waals surface area contributed by atoms with Crippen LogP contribution < -0.4 is 18.9 Å². The third-order valence-corrected chi connectivity index (χ3v) is 8.94. The van der Waals surface area contributed by atoms with E-state index < -0.39 is 0 Å². The summed E-state index contributed by atoms with van der Waals surface area (Å²) in [5.74, 6) is 3.31. The lowest BCUT2D eigenvalue weighted by Crippen LogP contribution is -1.95. The average molecular weight is 605 g/mol. The highest BCUT2D eigenvalue weighted by molar-refractivity contribution is 6.11. The Morgan fingerprint density at radius 3 is 0.826 bits per heavy atom. The van der Waals surface area contributed by atoms with Gasteiger partial charge in [-0.3, -0.25) is 0 Å². The fraction of sp³-hybridized carbons (Fsp3) is 0.100. The molecule has 2 heterocycles. The summed E-state index contributed by atoms with van der Waals surface area (Å²) in [4.78, 5) is 0. The van der Waals surface area contributed by atoms with Gasteiger partial charge in [-0.1, -0.05) is 24.3 Å². The van der Waals surface area contributed by atoms with E-state index >= 15 is 0 Å². The first-order valence-corrected chi connectivity index (χ1v) is 15.1. The molecule has 8 rings (SSSR count). The number of rotatable bonds is 7. The Hall–Kier alpha value is -5.88. The van der Waals surface area contributed by atoms with Crippen LogP contribution in [0.15, 0.2) is 121 Å². The maximum Gasteiger partial charge on any atom is 0.119 e. The predicted molar refractivity (Wildman–Crippen MR) is 187 cm³/mol. The first-order valence-electron chi connectivity index (χ1n) is 15.1. The van der Waals surface area contributed by atoms with E-state index in [2.05, 4.69) is 106 Å². The van der Waals surface area contributed by atoms with Crippen LogP contribution in [0.25, 0.3) is 66.1 Å². The van der Waals surface area contributed by atoms with Crippen LogP contribution in [-0.2, 0) is 0 Å². The SMILES string of the molecule is COc1ccc2c(c1)c1cc(OC)ccc1n2-c1ccc(-c2ccc(-n3c4ccc(OC)cc4c4cc(OC)ccc43)cc2)cc1. The largest absolute Gasteiger partial charge is 0.497 e. The molecule has 0 radical (unpaired) electrons. The summed E-state index contributed by atoms with van der Waals surface area (Å²) < 4.78 is 26.8. The molecule has 46 heavy (non-hydrogen) atoms. The quantitative estimate of drug-likeness (QED) is 0.182. The van der Waals surface area contributed by atoms with Crippen LogP contribution in [0.2, 0.25) is 0 Å². The lowest BCUT2D eigenvalue weighted by atomic mass is 10.0. The van der Waals surface area contributed by atoms with Gasteiger partial charge in [0.05, 0.1) is 50.5 Å². The monoisotopic (exact) mass is 604 g/mol. The summed E-state index contributed by atoms with van der Waals surface area (Å²) in [7, 11) is 6.79. The van der Waals surface area contributed by atoms with Crippen molar-refractivity contribution in [2.75, 3.05) is 28.4 Å². The molecule has 0 fully saturated rings. The Balaban J connectivity index is 1.18. The Labute approximate surface area is 266 Å². The number of methoxy groups -OCH3 is 4. The molecule has 0 aliphatic rings. The first-order chi connectivity index (χ1) is 22.6. The van der Waals surface area contributed by atoms with Crippen molar-refractivity contribution < 1.29 is 18.9 Å². The van der Waals surface area contributed by atoms with E-state index in [1.807, 2.05) is 24.3 Å². The molecule has 0 amide bonds. The van der Waals surface area contributed by atoms with E-state index in [0.717, 1.165) is 89.1 Å². The number of hydrogen-bond donors (Lipinski definition) is 0. The minimum Gasteiger partial charge on any atom is -0.497 e. The predicted octanol–water partition coefficient (Wildman–Crippen LogP) is 9.58. The second kappa shape index (κ2) is 10.9. The number of fused-ring (bicyclic) bond motifs is 6. The second-order valence-corrected chi connectivity index (χ2v) is 11.3. The highest BCUT2D eigenvalue weighted by Crippen LogP contribution is 2.38. The van der Waals surface area contributed by atoms with Gasteiger partial charge in [-0.15, -0.1) is 0 Å². The summed E-state index contributed by atoms with van der Waals surface area (Å²) in [6, 6.07) is 42.4. The van der Waals surface area contributed by atoms with E-state index in [9.17, 15) is 0 Å². The summed E-state index contributed by atoms with van der Waals surface area (Å²) in [5, 5.41) is 4.48.